The Morgan fingerprint density at radius 3 is 2.88 bits per heavy atom. The zero-order valence-corrected chi connectivity index (χ0v) is 16.5. The van der Waals surface area contributed by atoms with Crippen LogP contribution in [0.25, 0.3) is 0 Å². The number of guanidine groups is 1. The molecule has 0 aromatic carbocycles. The molecule has 1 unspecified atom stereocenters. The summed E-state index contributed by atoms with van der Waals surface area (Å²) in [6.45, 7) is 12.6. The molecule has 1 amide bonds. The molecule has 1 aliphatic rings. The van der Waals surface area contributed by atoms with Gasteiger partial charge < -0.3 is 20.3 Å². The topological polar surface area (TPSA) is 78.9 Å². The quantitative estimate of drug-likeness (QED) is 0.636. The fourth-order valence-electron chi connectivity index (χ4n) is 2.80. The van der Waals surface area contributed by atoms with Gasteiger partial charge in [-0.15, -0.1) is 0 Å². The summed E-state index contributed by atoms with van der Waals surface area (Å²) >= 11 is 0. The first-order chi connectivity index (χ1) is 12.3. The van der Waals surface area contributed by atoms with Crippen molar-refractivity contribution in [2.24, 2.45) is 4.99 Å². The number of hydrogen-bond donors (Lipinski definition) is 2. The van der Waals surface area contributed by atoms with Gasteiger partial charge in [-0.3, -0.25) is 4.98 Å². The van der Waals surface area contributed by atoms with Crippen LogP contribution in [0.5, 0.6) is 0 Å². The van der Waals surface area contributed by atoms with E-state index in [1.54, 1.807) is 6.20 Å². The number of aryl methyl sites for hydroxylation is 1. The summed E-state index contributed by atoms with van der Waals surface area (Å²) in [5, 5.41) is 6.28. The molecular formula is C19H31N5O2. The van der Waals surface area contributed by atoms with E-state index in [1.165, 1.54) is 0 Å². The summed E-state index contributed by atoms with van der Waals surface area (Å²) in [6, 6.07) is 4.04. The normalized spacial score (nSPS) is 18.0. The maximum Gasteiger partial charge on any atom is 0.407 e. The monoisotopic (exact) mass is 361 g/mol. The van der Waals surface area contributed by atoms with Crippen molar-refractivity contribution in [1.29, 1.82) is 0 Å². The third-order valence-electron chi connectivity index (χ3n) is 4.04. The molecule has 1 saturated heterocycles. The Morgan fingerprint density at radius 2 is 2.23 bits per heavy atom. The van der Waals surface area contributed by atoms with Gasteiger partial charge in [-0.25, -0.2) is 9.79 Å². The molecule has 7 nitrogen and oxygen atoms in total. The number of aromatic nitrogens is 1. The van der Waals surface area contributed by atoms with Crippen molar-refractivity contribution in [2.75, 3.05) is 19.6 Å². The van der Waals surface area contributed by atoms with Gasteiger partial charge in [0.15, 0.2) is 5.96 Å². The number of carbonyl (C=O) groups excluding carboxylic acids is 1. The fraction of sp³-hybridized carbons (Fsp3) is 0.632. The highest BCUT2D eigenvalue weighted by Crippen LogP contribution is 2.13. The van der Waals surface area contributed by atoms with Gasteiger partial charge in [-0.05, 0) is 52.7 Å². The van der Waals surface area contributed by atoms with Crippen molar-refractivity contribution < 1.29 is 9.53 Å². The molecule has 2 heterocycles. The summed E-state index contributed by atoms with van der Waals surface area (Å²) in [7, 11) is 0. The summed E-state index contributed by atoms with van der Waals surface area (Å²) in [5.74, 6) is 0.853. The number of likely N-dealkylation sites (tertiary alicyclic amines) is 1. The Morgan fingerprint density at radius 1 is 1.46 bits per heavy atom. The first-order valence-corrected chi connectivity index (χ1v) is 9.21. The molecule has 1 fully saturated rings. The molecule has 0 radical (unpaired) electrons. The van der Waals surface area contributed by atoms with Crippen LogP contribution in [-0.2, 0) is 11.3 Å². The van der Waals surface area contributed by atoms with Crippen LogP contribution >= 0.6 is 0 Å². The Balaban J connectivity index is 1.95. The molecule has 0 aliphatic carbocycles. The predicted octanol–water partition coefficient (Wildman–Crippen LogP) is 2.45. The van der Waals surface area contributed by atoms with E-state index < -0.39 is 5.60 Å². The molecular weight excluding hydrogens is 330 g/mol. The Kier molecular flexibility index (Phi) is 6.83. The molecule has 0 saturated carbocycles. The lowest BCUT2D eigenvalue weighted by Gasteiger charge is -2.23. The molecule has 0 spiro atoms. The highest BCUT2D eigenvalue weighted by Gasteiger charge is 2.27. The second-order valence-electron chi connectivity index (χ2n) is 7.52. The average Bonchev–Trinajstić information content (AvgIpc) is 2.99. The van der Waals surface area contributed by atoms with Gasteiger partial charge in [0, 0.05) is 25.8 Å². The maximum absolute atomic E-state index is 12.0. The Hall–Kier alpha value is -2.31. The van der Waals surface area contributed by atoms with Gasteiger partial charge in [0.1, 0.15) is 5.60 Å². The standard InChI is InChI=1S/C19H31N5O2/c1-6-20-17(22-12-16-14(2)8-7-10-21-16)24-11-9-15(13-24)23-18(25)26-19(3,4)5/h7-8,10,15H,6,9,11-13H2,1-5H3,(H,20,22)(H,23,25). The van der Waals surface area contributed by atoms with Crippen LogP contribution in [0.15, 0.2) is 23.3 Å². The van der Waals surface area contributed by atoms with Gasteiger partial charge in [-0.2, -0.15) is 0 Å². The van der Waals surface area contributed by atoms with Crippen molar-refractivity contribution in [1.82, 2.24) is 20.5 Å². The van der Waals surface area contributed by atoms with E-state index in [9.17, 15) is 4.79 Å². The van der Waals surface area contributed by atoms with E-state index in [-0.39, 0.29) is 12.1 Å². The zero-order valence-electron chi connectivity index (χ0n) is 16.5. The highest BCUT2D eigenvalue weighted by atomic mass is 16.6. The number of amides is 1. The smallest absolute Gasteiger partial charge is 0.407 e. The van der Waals surface area contributed by atoms with Crippen LogP contribution in [0.1, 0.15) is 45.4 Å². The Bertz CT molecular complexity index is 639. The number of hydrogen-bond acceptors (Lipinski definition) is 4. The van der Waals surface area contributed by atoms with E-state index in [2.05, 4.69) is 20.5 Å². The first kappa shape index (κ1) is 20.0. The molecule has 144 valence electrons. The maximum atomic E-state index is 12.0. The van der Waals surface area contributed by atoms with Gasteiger partial charge in [0.05, 0.1) is 18.3 Å². The highest BCUT2D eigenvalue weighted by molar-refractivity contribution is 5.80. The lowest BCUT2D eigenvalue weighted by Crippen LogP contribution is -2.44. The van der Waals surface area contributed by atoms with Gasteiger partial charge in [0.25, 0.3) is 0 Å². The number of aliphatic imine (C=N–C) groups is 1. The van der Waals surface area contributed by atoms with E-state index in [0.29, 0.717) is 13.1 Å². The molecule has 1 aromatic heterocycles. The van der Waals surface area contributed by atoms with E-state index in [0.717, 1.165) is 36.7 Å². The van der Waals surface area contributed by atoms with Crippen molar-refractivity contribution in [3.05, 3.63) is 29.6 Å². The van der Waals surface area contributed by atoms with Crippen molar-refractivity contribution in [2.45, 2.75) is 59.2 Å². The minimum atomic E-state index is -0.487. The average molecular weight is 361 g/mol. The van der Waals surface area contributed by atoms with E-state index >= 15 is 0 Å². The molecule has 26 heavy (non-hydrogen) atoms. The molecule has 1 atom stereocenters. The second-order valence-corrected chi connectivity index (χ2v) is 7.52. The lowest BCUT2D eigenvalue weighted by molar-refractivity contribution is 0.0507. The molecule has 0 bridgehead atoms. The third kappa shape index (κ3) is 6.20. The number of pyridine rings is 1. The number of carbonyl (C=O) groups is 1. The summed E-state index contributed by atoms with van der Waals surface area (Å²) < 4.78 is 5.34. The summed E-state index contributed by atoms with van der Waals surface area (Å²) in [5.41, 5.74) is 1.63. The van der Waals surface area contributed by atoms with Crippen LogP contribution in [0.2, 0.25) is 0 Å². The number of rotatable bonds is 4. The van der Waals surface area contributed by atoms with Crippen molar-refractivity contribution in [3.8, 4) is 0 Å². The van der Waals surface area contributed by atoms with Crippen LogP contribution in [0.3, 0.4) is 0 Å². The fourth-order valence-corrected chi connectivity index (χ4v) is 2.80. The van der Waals surface area contributed by atoms with Crippen LogP contribution < -0.4 is 10.6 Å². The first-order valence-electron chi connectivity index (χ1n) is 9.21. The number of nitrogens with one attached hydrogen (secondary N) is 2. The summed E-state index contributed by atoms with van der Waals surface area (Å²) in [4.78, 5) is 23.3. The lowest BCUT2D eigenvalue weighted by atomic mass is 10.2. The van der Waals surface area contributed by atoms with Crippen LogP contribution in [0.4, 0.5) is 4.79 Å². The van der Waals surface area contributed by atoms with Gasteiger partial charge >= 0.3 is 6.09 Å². The third-order valence-corrected chi connectivity index (χ3v) is 4.04. The van der Waals surface area contributed by atoms with Crippen molar-refractivity contribution in [3.63, 3.8) is 0 Å². The molecule has 2 N–H and O–H groups in total. The molecule has 1 aromatic rings. The van der Waals surface area contributed by atoms with Crippen molar-refractivity contribution >= 4 is 12.1 Å². The van der Waals surface area contributed by atoms with E-state index in [4.69, 9.17) is 9.73 Å². The number of alkyl carbamates (subject to hydrolysis) is 1. The largest absolute Gasteiger partial charge is 0.444 e. The number of nitrogens with zero attached hydrogens (tertiary/aromatic N) is 3. The molecule has 2 rings (SSSR count). The minimum absolute atomic E-state index is 0.0605. The van der Waals surface area contributed by atoms with Crippen LogP contribution in [-0.4, -0.2) is 53.2 Å². The zero-order chi connectivity index (χ0) is 19.2. The molecule has 7 heteroatoms. The predicted molar refractivity (Wildman–Crippen MR) is 103 cm³/mol. The number of ether oxygens (including phenoxy) is 1. The van der Waals surface area contributed by atoms with Gasteiger partial charge in [-0.1, -0.05) is 6.07 Å². The second kappa shape index (κ2) is 8.87. The van der Waals surface area contributed by atoms with E-state index in [1.807, 2.05) is 46.8 Å². The molecule has 1 aliphatic heterocycles. The summed E-state index contributed by atoms with van der Waals surface area (Å²) in [6.07, 6.45) is 2.30. The van der Waals surface area contributed by atoms with Gasteiger partial charge in [0.2, 0.25) is 0 Å². The minimum Gasteiger partial charge on any atom is -0.444 e. The SMILES string of the molecule is CCNC(=NCc1ncccc1C)N1CCC(NC(=O)OC(C)(C)C)C1. The Labute approximate surface area is 156 Å². The van der Waals surface area contributed by atoms with Crippen LogP contribution in [0, 0.1) is 6.92 Å².